The minimum Gasteiger partial charge on any atom is -0.461 e. The third kappa shape index (κ3) is 4.28. The van der Waals surface area contributed by atoms with E-state index in [0.717, 1.165) is 21.0 Å². The Morgan fingerprint density at radius 1 is 0.800 bits per heavy atom. The molecule has 0 spiro atoms. The lowest BCUT2D eigenvalue weighted by Gasteiger charge is -2.24. The van der Waals surface area contributed by atoms with Gasteiger partial charge in [0.25, 0.3) is 15.9 Å². The fourth-order valence-electron chi connectivity index (χ4n) is 4.26. The molecule has 3 aromatic carbocycles. The van der Waals surface area contributed by atoms with Gasteiger partial charge in [0, 0.05) is 10.9 Å². The molecule has 6 nitrogen and oxygen atoms in total. The zero-order valence-corrected chi connectivity index (χ0v) is 21.4. The summed E-state index contributed by atoms with van der Waals surface area (Å²) in [6.07, 6.45) is 0. The summed E-state index contributed by atoms with van der Waals surface area (Å²) < 4.78 is 34.7. The molecule has 0 N–H and O–H groups in total. The van der Waals surface area contributed by atoms with E-state index >= 15 is 0 Å². The first kappa shape index (κ1) is 24.4. The number of amides is 1. The summed E-state index contributed by atoms with van der Waals surface area (Å²) >= 11 is 0. The number of carbonyl (C=O) groups excluding carboxylic acids is 2. The molecule has 0 aliphatic carbocycles. The molecule has 1 amide bonds. The molecule has 0 saturated carbocycles. The highest BCUT2D eigenvalue weighted by Gasteiger charge is 2.34. The summed E-state index contributed by atoms with van der Waals surface area (Å²) in [5, 5.41) is 0.459. The van der Waals surface area contributed by atoms with Crippen molar-refractivity contribution in [1.29, 1.82) is 0 Å². The summed E-state index contributed by atoms with van der Waals surface area (Å²) in [6, 6.07) is 14.8. The van der Waals surface area contributed by atoms with E-state index in [0.29, 0.717) is 27.9 Å². The van der Waals surface area contributed by atoms with Crippen LogP contribution in [0.1, 0.15) is 55.7 Å². The minimum atomic E-state index is -4.31. The molecule has 0 radical (unpaired) electrons. The smallest absolute Gasteiger partial charge is 0.272 e. The van der Waals surface area contributed by atoms with Crippen LogP contribution in [0, 0.1) is 34.6 Å². The lowest BCUT2D eigenvalue weighted by Crippen LogP contribution is -2.37. The van der Waals surface area contributed by atoms with E-state index < -0.39 is 15.9 Å². The van der Waals surface area contributed by atoms with Crippen LogP contribution in [0.25, 0.3) is 11.0 Å². The van der Waals surface area contributed by atoms with Crippen molar-refractivity contribution in [2.45, 2.75) is 46.4 Å². The zero-order valence-electron chi connectivity index (χ0n) is 20.6. The summed E-state index contributed by atoms with van der Waals surface area (Å²) in [6.45, 7) is 10.4. The second-order valence-electron chi connectivity index (χ2n) is 8.91. The van der Waals surface area contributed by atoms with Gasteiger partial charge in [0.1, 0.15) is 11.3 Å². The molecule has 0 aliphatic rings. The average Bonchev–Trinajstić information content (AvgIpc) is 3.11. The highest BCUT2D eigenvalue weighted by atomic mass is 32.2. The van der Waals surface area contributed by atoms with Crippen LogP contribution in [0.5, 0.6) is 0 Å². The monoisotopic (exact) mass is 489 g/mol. The predicted molar refractivity (Wildman–Crippen MR) is 137 cm³/mol. The molecule has 180 valence electrons. The number of rotatable bonds is 5. The van der Waals surface area contributed by atoms with Gasteiger partial charge in [-0.2, -0.15) is 4.31 Å². The maximum atomic E-state index is 14.1. The Morgan fingerprint density at radius 3 is 2.06 bits per heavy atom. The van der Waals surface area contributed by atoms with E-state index in [1.54, 1.807) is 56.3 Å². The predicted octanol–water partition coefficient (Wildman–Crippen LogP) is 6.21. The van der Waals surface area contributed by atoms with Gasteiger partial charge in [-0.05, 0) is 94.6 Å². The molecule has 4 rings (SSSR count). The first-order valence-corrected chi connectivity index (χ1v) is 12.6. The Hall–Kier alpha value is -3.71. The van der Waals surface area contributed by atoms with Crippen molar-refractivity contribution >= 4 is 38.4 Å². The van der Waals surface area contributed by atoms with E-state index in [1.165, 1.54) is 19.1 Å². The Labute approximate surface area is 205 Å². The van der Waals surface area contributed by atoms with Gasteiger partial charge in [-0.1, -0.05) is 23.8 Å². The first-order valence-electron chi connectivity index (χ1n) is 11.2. The number of hydrogen-bond donors (Lipinski definition) is 0. The van der Waals surface area contributed by atoms with Crippen LogP contribution in [0.15, 0.2) is 63.9 Å². The molecule has 0 bridgehead atoms. The number of hydrogen-bond acceptors (Lipinski definition) is 5. The second kappa shape index (κ2) is 8.82. The molecule has 0 fully saturated rings. The van der Waals surface area contributed by atoms with Crippen molar-refractivity contribution in [3.63, 3.8) is 0 Å². The van der Waals surface area contributed by atoms with Crippen LogP contribution in [-0.4, -0.2) is 20.1 Å². The van der Waals surface area contributed by atoms with Crippen LogP contribution < -0.4 is 4.31 Å². The van der Waals surface area contributed by atoms with Gasteiger partial charge in [-0.3, -0.25) is 9.59 Å². The van der Waals surface area contributed by atoms with Crippen molar-refractivity contribution < 1.29 is 22.4 Å². The number of carbonyl (C=O) groups is 2. The first-order chi connectivity index (χ1) is 16.4. The summed E-state index contributed by atoms with van der Waals surface area (Å²) in [7, 11) is -4.31. The molecule has 1 aromatic heterocycles. The number of nitrogens with zero attached hydrogens (tertiary/aromatic N) is 1. The Balaban J connectivity index is 2.00. The Morgan fingerprint density at radius 2 is 1.43 bits per heavy atom. The minimum absolute atomic E-state index is 0.0522. The van der Waals surface area contributed by atoms with E-state index in [2.05, 4.69) is 0 Å². The van der Waals surface area contributed by atoms with Gasteiger partial charge >= 0.3 is 0 Å². The highest BCUT2D eigenvalue weighted by Crippen LogP contribution is 2.34. The van der Waals surface area contributed by atoms with Gasteiger partial charge in [-0.15, -0.1) is 0 Å². The molecular formula is C28H27NO5S. The number of Topliss-reactive ketones (excluding diaryl/α,β-unsaturated/α-hetero) is 1. The normalized spacial score (nSPS) is 11.6. The molecule has 4 aromatic rings. The average molecular weight is 490 g/mol. The quantitative estimate of drug-likeness (QED) is 0.311. The topological polar surface area (TPSA) is 84.7 Å². The molecule has 7 heteroatoms. The number of anilines is 1. The molecular weight excluding hydrogens is 462 g/mol. The van der Waals surface area contributed by atoms with Crippen molar-refractivity contribution in [3.05, 3.63) is 93.7 Å². The van der Waals surface area contributed by atoms with Gasteiger partial charge < -0.3 is 4.42 Å². The lowest BCUT2D eigenvalue weighted by atomic mass is 10.1. The molecule has 0 aliphatic heterocycles. The van der Waals surface area contributed by atoms with Crippen LogP contribution in [0.2, 0.25) is 0 Å². The van der Waals surface area contributed by atoms with Crippen molar-refractivity contribution in [2.24, 2.45) is 0 Å². The number of benzene rings is 3. The number of sulfonamides is 1. The SMILES string of the molecule is CC(=O)c1c(C)oc2ccc(N(C(=O)c3ccc(C)cc3)S(=O)(=O)c3cc(C)c(C)cc3C)cc12. The van der Waals surface area contributed by atoms with E-state index in [1.807, 2.05) is 20.8 Å². The number of fused-ring (bicyclic) bond motifs is 1. The van der Waals surface area contributed by atoms with Gasteiger partial charge in [0.15, 0.2) is 5.78 Å². The van der Waals surface area contributed by atoms with Gasteiger partial charge in [-0.25, -0.2) is 8.42 Å². The summed E-state index contributed by atoms with van der Waals surface area (Å²) in [4.78, 5) is 26.1. The van der Waals surface area contributed by atoms with Crippen molar-refractivity contribution in [1.82, 2.24) is 0 Å². The van der Waals surface area contributed by atoms with E-state index in [4.69, 9.17) is 4.42 Å². The van der Waals surface area contributed by atoms with E-state index in [9.17, 15) is 18.0 Å². The van der Waals surface area contributed by atoms with E-state index in [-0.39, 0.29) is 21.9 Å². The zero-order chi connectivity index (χ0) is 25.7. The maximum absolute atomic E-state index is 14.1. The number of aryl methyl sites for hydroxylation is 5. The third-order valence-electron chi connectivity index (χ3n) is 6.23. The van der Waals surface area contributed by atoms with Crippen LogP contribution in [-0.2, 0) is 10.0 Å². The fourth-order valence-corrected chi connectivity index (χ4v) is 5.96. The number of ketones is 1. The molecule has 0 unspecified atom stereocenters. The number of furan rings is 1. The molecule has 0 saturated heterocycles. The van der Waals surface area contributed by atoms with Crippen molar-refractivity contribution in [2.75, 3.05) is 4.31 Å². The largest absolute Gasteiger partial charge is 0.461 e. The van der Waals surface area contributed by atoms with Gasteiger partial charge in [0.05, 0.1) is 16.1 Å². The maximum Gasteiger partial charge on any atom is 0.272 e. The van der Waals surface area contributed by atoms with Gasteiger partial charge in [0.2, 0.25) is 0 Å². The van der Waals surface area contributed by atoms with Crippen LogP contribution in [0.3, 0.4) is 0 Å². The lowest BCUT2D eigenvalue weighted by molar-refractivity contribution is 0.1000. The Bertz CT molecular complexity index is 1590. The third-order valence-corrected chi connectivity index (χ3v) is 8.08. The molecule has 0 atom stereocenters. The standard InChI is InChI=1S/C28H27NO5S/c1-16-7-9-22(10-8-16)28(31)29(35(32,33)26-14-18(3)17(2)13-19(26)4)23-11-12-25-24(15-23)27(20(5)30)21(6)34-25/h7-15H,1-6H3. The summed E-state index contributed by atoms with van der Waals surface area (Å²) in [5.74, 6) is -0.455. The highest BCUT2D eigenvalue weighted by molar-refractivity contribution is 7.93. The van der Waals surface area contributed by atoms with Crippen LogP contribution >= 0.6 is 0 Å². The van der Waals surface area contributed by atoms with Crippen LogP contribution in [0.4, 0.5) is 5.69 Å². The Kier molecular flexibility index (Phi) is 6.15. The molecule has 35 heavy (non-hydrogen) atoms. The second-order valence-corrected chi connectivity index (χ2v) is 10.7. The molecule has 1 heterocycles. The van der Waals surface area contributed by atoms with Crippen molar-refractivity contribution in [3.8, 4) is 0 Å². The summed E-state index contributed by atoms with van der Waals surface area (Å²) in [5.41, 5.74) is 4.42. The fraction of sp³-hybridized carbons (Fsp3) is 0.214.